The maximum atomic E-state index is 13.6. The van der Waals surface area contributed by atoms with Crippen LogP contribution >= 0.6 is 11.6 Å². The summed E-state index contributed by atoms with van der Waals surface area (Å²) in [4.78, 5) is 13.3. The molecule has 1 amide bonds. The molecule has 2 saturated heterocycles. The zero-order valence-corrected chi connectivity index (χ0v) is 13.3. The Bertz CT molecular complexity index is 745. The highest BCUT2D eigenvalue weighted by Crippen LogP contribution is 2.53. The zero-order valence-electron chi connectivity index (χ0n) is 11.8. The maximum absolute atomic E-state index is 13.6. The molecule has 0 radical (unpaired) electrons. The zero-order chi connectivity index (χ0) is 17.0. The van der Waals surface area contributed by atoms with Crippen molar-refractivity contribution in [1.82, 2.24) is 4.90 Å². The first-order valence-corrected chi connectivity index (χ1v) is 8.98. The molecule has 10 heteroatoms. The van der Waals surface area contributed by atoms with Gasteiger partial charge in [0, 0.05) is 13.1 Å². The second kappa shape index (κ2) is 5.14. The molecule has 2 aliphatic heterocycles. The van der Waals surface area contributed by atoms with E-state index in [-0.39, 0.29) is 29.4 Å². The second-order valence-corrected chi connectivity index (χ2v) is 8.55. The van der Waals surface area contributed by atoms with Gasteiger partial charge in [0.1, 0.15) is 5.41 Å². The smallest absolute Gasteiger partial charge is 0.397 e. The molecule has 0 saturated carbocycles. The molecule has 0 aliphatic carbocycles. The maximum Gasteiger partial charge on any atom is 0.397 e. The predicted octanol–water partition coefficient (Wildman–Crippen LogP) is 2.51. The van der Waals surface area contributed by atoms with Crippen LogP contribution in [0.2, 0.25) is 5.22 Å². The van der Waals surface area contributed by atoms with Gasteiger partial charge in [0.05, 0.1) is 22.8 Å². The summed E-state index contributed by atoms with van der Waals surface area (Å²) in [6.07, 6.45) is -3.93. The topological polar surface area (TPSA) is 67.6 Å². The van der Waals surface area contributed by atoms with Gasteiger partial charge >= 0.3 is 6.18 Å². The molecular weight excluding hydrogens is 359 g/mol. The van der Waals surface area contributed by atoms with Crippen molar-refractivity contribution < 1.29 is 30.8 Å². The largest absolute Gasteiger partial charge is 0.452 e. The Balaban J connectivity index is 2.00. The summed E-state index contributed by atoms with van der Waals surface area (Å²) in [5.41, 5.74) is -2.48. The second-order valence-electron chi connectivity index (χ2n) is 5.91. The van der Waals surface area contributed by atoms with Crippen LogP contribution in [0.25, 0.3) is 0 Å². The van der Waals surface area contributed by atoms with Crippen LogP contribution in [0.5, 0.6) is 0 Å². The van der Waals surface area contributed by atoms with Gasteiger partial charge in [0.15, 0.2) is 9.84 Å². The van der Waals surface area contributed by atoms with Gasteiger partial charge in [0.25, 0.3) is 5.91 Å². The first-order chi connectivity index (χ1) is 10.6. The average Bonchev–Trinajstić information content (AvgIpc) is 3.02. The normalized spacial score (nSPS) is 30.3. The van der Waals surface area contributed by atoms with Gasteiger partial charge < -0.3 is 9.32 Å². The fourth-order valence-electron chi connectivity index (χ4n) is 3.50. The summed E-state index contributed by atoms with van der Waals surface area (Å²) in [6.45, 7) is -1.16. The third-order valence-electron chi connectivity index (χ3n) is 4.66. The van der Waals surface area contributed by atoms with Gasteiger partial charge in [0.2, 0.25) is 5.22 Å². The van der Waals surface area contributed by atoms with Crippen molar-refractivity contribution in [3.63, 3.8) is 0 Å². The molecule has 23 heavy (non-hydrogen) atoms. The first-order valence-electron chi connectivity index (χ1n) is 6.89. The number of fused-ring (bicyclic) bond motifs is 1. The van der Waals surface area contributed by atoms with Crippen LogP contribution in [0, 0.1) is 5.41 Å². The highest BCUT2D eigenvalue weighted by Gasteiger charge is 2.68. The number of carbonyl (C=O) groups is 1. The SMILES string of the molecule is O=C(c1ccoc1Cl)N1C[C@@H]2[C@@](C(F)(F)F)(CCCS2(=O)=O)C1. The fraction of sp³-hybridized carbons (Fsp3) is 0.615. The van der Waals surface area contributed by atoms with Gasteiger partial charge in [-0.25, -0.2) is 8.42 Å². The third-order valence-corrected chi connectivity index (χ3v) is 7.28. The van der Waals surface area contributed by atoms with Crippen LogP contribution in [0.1, 0.15) is 23.2 Å². The monoisotopic (exact) mass is 371 g/mol. The van der Waals surface area contributed by atoms with Gasteiger partial charge in [-0.15, -0.1) is 0 Å². The van der Waals surface area contributed by atoms with Crippen LogP contribution in [-0.2, 0) is 9.84 Å². The van der Waals surface area contributed by atoms with Crippen LogP contribution < -0.4 is 0 Å². The molecule has 0 unspecified atom stereocenters. The Labute approximate surface area is 135 Å². The van der Waals surface area contributed by atoms with E-state index in [0.29, 0.717) is 0 Å². The summed E-state index contributed by atoms with van der Waals surface area (Å²) in [6, 6.07) is 1.25. The molecule has 0 N–H and O–H groups in total. The lowest BCUT2D eigenvalue weighted by Gasteiger charge is -2.39. The number of hydrogen-bond acceptors (Lipinski definition) is 4. The third kappa shape index (κ3) is 2.44. The predicted molar refractivity (Wildman–Crippen MR) is 74.9 cm³/mol. The lowest BCUT2D eigenvalue weighted by molar-refractivity contribution is -0.220. The molecule has 5 nitrogen and oxygen atoms in total. The van der Waals surface area contributed by atoms with Crippen molar-refractivity contribution in [3.8, 4) is 0 Å². The Kier molecular flexibility index (Phi) is 3.72. The molecule has 1 aromatic rings. The van der Waals surface area contributed by atoms with E-state index in [0.717, 1.165) is 11.2 Å². The summed E-state index contributed by atoms with van der Waals surface area (Å²) >= 11 is 5.69. The van der Waals surface area contributed by atoms with E-state index in [1.807, 2.05) is 0 Å². The van der Waals surface area contributed by atoms with Crippen molar-refractivity contribution in [3.05, 3.63) is 23.1 Å². The van der Waals surface area contributed by atoms with Crippen molar-refractivity contribution >= 4 is 27.3 Å². The number of hydrogen-bond donors (Lipinski definition) is 0. The number of halogens is 4. The quantitative estimate of drug-likeness (QED) is 0.760. The first kappa shape index (κ1) is 16.6. The molecule has 3 heterocycles. The molecule has 2 atom stereocenters. The minimum absolute atomic E-state index is 0.0627. The van der Waals surface area contributed by atoms with E-state index < -0.39 is 45.7 Å². The Morgan fingerprint density at radius 2 is 2.13 bits per heavy atom. The van der Waals surface area contributed by atoms with Gasteiger partial charge in [-0.05, 0) is 30.5 Å². The van der Waals surface area contributed by atoms with E-state index in [1.54, 1.807) is 0 Å². The van der Waals surface area contributed by atoms with E-state index in [4.69, 9.17) is 16.0 Å². The van der Waals surface area contributed by atoms with Crippen LogP contribution in [0.4, 0.5) is 13.2 Å². The Morgan fingerprint density at radius 3 is 2.65 bits per heavy atom. The summed E-state index contributed by atoms with van der Waals surface area (Å²) in [5, 5.41) is -1.85. The van der Waals surface area contributed by atoms with E-state index in [9.17, 15) is 26.4 Å². The van der Waals surface area contributed by atoms with E-state index in [1.165, 1.54) is 6.07 Å². The Hall–Kier alpha value is -1.22. The van der Waals surface area contributed by atoms with Crippen LogP contribution in [0.3, 0.4) is 0 Å². The van der Waals surface area contributed by atoms with Crippen molar-refractivity contribution in [2.45, 2.75) is 24.3 Å². The van der Waals surface area contributed by atoms with Crippen LogP contribution in [0.15, 0.2) is 16.7 Å². The minimum Gasteiger partial charge on any atom is -0.452 e. The lowest BCUT2D eigenvalue weighted by atomic mass is 9.81. The van der Waals surface area contributed by atoms with E-state index >= 15 is 0 Å². The lowest BCUT2D eigenvalue weighted by Crippen LogP contribution is -2.53. The molecule has 2 aliphatic rings. The standard InChI is InChI=1S/C13H13ClF3NO4S/c14-10-8(2-4-22-10)11(19)18-6-9-12(7-18,13(15,16)17)3-1-5-23(9,20)21/h2,4,9H,1,3,5-7H2/t9-,12-/m1/s1. The molecule has 3 rings (SSSR count). The molecular formula is C13H13ClF3NO4S. The molecule has 0 bridgehead atoms. The molecule has 0 spiro atoms. The Morgan fingerprint density at radius 1 is 1.43 bits per heavy atom. The van der Waals surface area contributed by atoms with Crippen molar-refractivity contribution in [2.24, 2.45) is 5.41 Å². The highest BCUT2D eigenvalue weighted by molar-refractivity contribution is 7.92. The minimum atomic E-state index is -4.71. The average molecular weight is 372 g/mol. The van der Waals surface area contributed by atoms with Gasteiger partial charge in [-0.1, -0.05) is 0 Å². The number of likely N-dealkylation sites (tertiary alicyclic amines) is 1. The number of amides is 1. The number of furan rings is 1. The molecule has 128 valence electrons. The molecule has 1 aromatic heterocycles. The van der Waals surface area contributed by atoms with Crippen LogP contribution in [-0.4, -0.2) is 49.5 Å². The molecule has 2 fully saturated rings. The number of carbonyl (C=O) groups excluding carboxylic acids is 1. The summed E-state index contributed by atoms with van der Waals surface area (Å²) < 4.78 is 70.0. The number of alkyl halides is 3. The van der Waals surface area contributed by atoms with Gasteiger partial charge in [-0.2, -0.15) is 13.2 Å². The van der Waals surface area contributed by atoms with Gasteiger partial charge in [-0.3, -0.25) is 4.79 Å². The number of sulfone groups is 1. The highest BCUT2D eigenvalue weighted by atomic mass is 35.5. The van der Waals surface area contributed by atoms with Crippen molar-refractivity contribution in [1.29, 1.82) is 0 Å². The summed E-state index contributed by atoms with van der Waals surface area (Å²) in [5.74, 6) is -1.04. The number of rotatable bonds is 1. The van der Waals surface area contributed by atoms with E-state index in [2.05, 4.69) is 0 Å². The fourth-order valence-corrected chi connectivity index (χ4v) is 5.94. The molecule has 0 aromatic carbocycles. The number of nitrogens with zero attached hydrogens (tertiary/aromatic N) is 1. The summed E-state index contributed by atoms with van der Waals surface area (Å²) in [7, 11) is -3.92. The van der Waals surface area contributed by atoms with Crippen molar-refractivity contribution in [2.75, 3.05) is 18.8 Å².